The summed E-state index contributed by atoms with van der Waals surface area (Å²) >= 11 is 9.01. The standard InChI is InChI=1S/C13H10BrClFNO/c1-7-5-12(8(14)6-10(7)17)18-11-4-2-3-9(15)13(11)16/h2-6H,17H2,1H3. The molecular formula is C13H10BrClFNO. The third kappa shape index (κ3) is 2.60. The zero-order valence-electron chi connectivity index (χ0n) is 9.51. The van der Waals surface area contributed by atoms with Gasteiger partial charge in [0.05, 0.1) is 9.50 Å². The normalized spacial score (nSPS) is 10.4. The highest BCUT2D eigenvalue weighted by Gasteiger charge is 2.11. The summed E-state index contributed by atoms with van der Waals surface area (Å²) < 4.78 is 19.9. The molecule has 2 aromatic carbocycles. The van der Waals surface area contributed by atoms with Crippen LogP contribution in [0.25, 0.3) is 0 Å². The van der Waals surface area contributed by atoms with Crippen molar-refractivity contribution in [3.05, 3.63) is 51.2 Å². The Morgan fingerprint density at radius 3 is 2.72 bits per heavy atom. The third-order valence-corrected chi connectivity index (χ3v) is 3.37. The van der Waals surface area contributed by atoms with Crippen molar-refractivity contribution in [2.24, 2.45) is 0 Å². The smallest absolute Gasteiger partial charge is 0.184 e. The van der Waals surface area contributed by atoms with Gasteiger partial charge in [0.15, 0.2) is 11.6 Å². The molecule has 0 saturated carbocycles. The van der Waals surface area contributed by atoms with E-state index in [2.05, 4.69) is 15.9 Å². The number of hydrogen-bond acceptors (Lipinski definition) is 2. The molecular weight excluding hydrogens is 321 g/mol. The minimum absolute atomic E-state index is 0.0239. The molecule has 18 heavy (non-hydrogen) atoms. The summed E-state index contributed by atoms with van der Waals surface area (Å²) in [4.78, 5) is 0. The van der Waals surface area contributed by atoms with Crippen LogP contribution in [-0.4, -0.2) is 0 Å². The lowest BCUT2D eigenvalue weighted by Crippen LogP contribution is -1.94. The molecule has 94 valence electrons. The van der Waals surface area contributed by atoms with Crippen LogP contribution in [0.1, 0.15) is 5.56 Å². The minimum Gasteiger partial charge on any atom is -0.453 e. The van der Waals surface area contributed by atoms with Crippen molar-refractivity contribution in [3.8, 4) is 11.5 Å². The maximum atomic E-state index is 13.7. The molecule has 0 radical (unpaired) electrons. The average molecular weight is 331 g/mol. The van der Waals surface area contributed by atoms with Crippen LogP contribution in [0.4, 0.5) is 10.1 Å². The minimum atomic E-state index is -0.583. The lowest BCUT2D eigenvalue weighted by Gasteiger charge is -2.11. The van der Waals surface area contributed by atoms with Crippen LogP contribution < -0.4 is 10.5 Å². The van der Waals surface area contributed by atoms with Gasteiger partial charge in [0.2, 0.25) is 0 Å². The highest BCUT2D eigenvalue weighted by molar-refractivity contribution is 9.10. The van der Waals surface area contributed by atoms with Crippen molar-refractivity contribution in [1.29, 1.82) is 0 Å². The number of ether oxygens (including phenoxy) is 1. The Bertz CT molecular complexity index is 604. The fraction of sp³-hybridized carbons (Fsp3) is 0.0769. The van der Waals surface area contributed by atoms with Crippen LogP contribution in [0.3, 0.4) is 0 Å². The summed E-state index contributed by atoms with van der Waals surface area (Å²) in [6.07, 6.45) is 0. The number of anilines is 1. The van der Waals surface area contributed by atoms with E-state index in [4.69, 9.17) is 22.1 Å². The molecule has 0 heterocycles. The molecule has 2 N–H and O–H groups in total. The molecule has 0 aliphatic carbocycles. The van der Waals surface area contributed by atoms with E-state index in [9.17, 15) is 4.39 Å². The molecule has 2 aromatic rings. The Morgan fingerprint density at radius 2 is 2.00 bits per heavy atom. The highest BCUT2D eigenvalue weighted by atomic mass is 79.9. The number of rotatable bonds is 2. The summed E-state index contributed by atoms with van der Waals surface area (Å²) in [6.45, 7) is 1.85. The van der Waals surface area contributed by atoms with Gasteiger partial charge in [0.1, 0.15) is 5.75 Å². The van der Waals surface area contributed by atoms with Crippen molar-refractivity contribution in [2.75, 3.05) is 5.73 Å². The van der Waals surface area contributed by atoms with Gasteiger partial charge in [-0.15, -0.1) is 0 Å². The first kappa shape index (κ1) is 13.2. The molecule has 0 amide bonds. The lowest BCUT2D eigenvalue weighted by atomic mass is 10.2. The largest absolute Gasteiger partial charge is 0.453 e. The predicted octanol–water partition coefficient (Wildman–Crippen LogP) is 4.92. The van der Waals surface area contributed by atoms with Gasteiger partial charge < -0.3 is 10.5 Å². The molecule has 0 unspecified atom stereocenters. The van der Waals surface area contributed by atoms with Gasteiger partial charge in [-0.05, 0) is 52.7 Å². The second-order valence-corrected chi connectivity index (χ2v) is 5.05. The van der Waals surface area contributed by atoms with Gasteiger partial charge in [0.25, 0.3) is 0 Å². The summed E-state index contributed by atoms with van der Waals surface area (Å²) in [6, 6.07) is 8.05. The Balaban J connectivity index is 2.40. The number of nitrogens with two attached hydrogens (primary N) is 1. The molecule has 2 rings (SSSR count). The van der Waals surface area contributed by atoms with E-state index >= 15 is 0 Å². The zero-order chi connectivity index (χ0) is 13.3. The van der Waals surface area contributed by atoms with Crippen LogP contribution in [-0.2, 0) is 0 Å². The molecule has 0 aromatic heterocycles. The molecule has 0 spiro atoms. The van der Waals surface area contributed by atoms with Gasteiger partial charge in [-0.3, -0.25) is 0 Å². The number of nitrogen functional groups attached to an aromatic ring is 1. The summed E-state index contributed by atoms with van der Waals surface area (Å²) in [5, 5.41) is 0.0239. The van der Waals surface area contributed by atoms with Gasteiger partial charge in [-0.25, -0.2) is 4.39 Å². The number of hydrogen-bond donors (Lipinski definition) is 1. The van der Waals surface area contributed by atoms with Gasteiger partial charge >= 0.3 is 0 Å². The lowest BCUT2D eigenvalue weighted by molar-refractivity contribution is 0.440. The predicted molar refractivity (Wildman–Crippen MR) is 74.8 cm³/mol. The first-order valence-electron chi connectivity index (χ1n) is 5.16. The fourth-order valence-electron chi connectivity index (χ4n) is 1.43. The van der Waals surface area contributed by atoms with Crippen molar-refractivity contribution in [3.63, 3.8) is 0 Å². The average Bonchev–Trinajstić information content (AvgIpc) is 2.32. The number of aryl methyl sites for hydroxylation is 1. The van der Waals surface area contributed by atoms with Crippen molar-refractivity contribution >= 4 is 33.2 Å². The maximum absolute atomic E-state index is 13.7. The van der Waals surface area contributed by atoms with Gasteiger partial charge in [-0.2, -0.15) is 0 Å². The van der Waals surface area contributed by atoms with Crippen molar-refractivity contribution in [1.82, 2.24) is 0 Å². The Morgan fingerprint density at radius 1 is 1.28 bits per heavy atom. The first-order chi connectivity index (χ1) is 8.49. The summed E-state index contributed by atoms with van der Waals surface area (Å²) in [7, 11) is 0. The molecule has 0 aliphatic heterocycles. The summed E-state index contributed by atoms with van der Waals surface area (Å²) in [5.41, 5.74) is 7.25. The number of halogens is 3. The Kier molecular flexibility index (Phi) is 3.78. The third-order valence-electron chi connectivity index (χ3n) is 2.46. The number of benzene rings is 2. The second-order valence-electron chi connectivity index (χ2n) is 3.79. The van der Waals surface area contributed by atoms with Crippen LogP contribution >= 0.6 is 27.5 Å². The van der Waals surface area contributed by atoms with Crippen LogP contribution in [0.5, 0.6) is 11.5 Å². The van der Waals surface area contributed by atoms with E-state index in [1.807, 2.05) is 6.92 Å². The second kappa shape index (κ2) is 5.16. The SMILES string of the molecule is Cc1cc(Oc2cccc(Cl)c2F)c(Br)cc1N. The van der Waals surface area contributed by atoms with Crippen molar-refractivity contribution in [2.45, 2.75) is 6.92 Å². The quantitative estimate of drug-likeness (QED) is 0.793. The first-order valence-corrected chi connectivity index (χ1v) is 6.33. The highest BCUT2D eigenvalue weighted by Crippen LogP contribution is 2.35. The van der Waals surface area contributed by atoms with Crippen LogP contribution in [0, 0.1) is 12.7 Å². The molecule has 2 nitrogen and oxygen atoms in total. The van der Waals surface area contributed by atoms with Crippen LogP contribution in [0.2, 0.25) is 5.02 Å². The molecule has 0 fully saturated rings. The molecule has 5 heteroatoms. The molecule has 0 saturated heterocycles. The zero-order valence-corrected chi connectivity index (χ0v) is 11.8. The van der Waals surface area contributed by atoms with E-state index in [0.717, 1.165) is 5.56 Å². The monoisotopic (exact) mass is 329 g/mol. The van der Waals surface area contributed by atoms with Crippen molar-refractivity contribution < 1.29 is 9.13 Å². The molecule has 0 atom stereocenters. The Labute approximate surface area is 118 Å². The summed E-state index contributed by atoms with van der Waals surface area (Å²) in [5.74, 6) is -0.0178. The molecule has 0 bridgehead atoms. The fourth-order valence-corrected chi connectivity index (χ4v) is 2.04. The molecule has 0 aliphatic rings. The maximum Gasteiger partial charge on any atom is 0.184 e. The van der Waals surface area contributed by atoms with E-state index in [1.165, 1.54) is 12.1 Å². The van der Waals surface area contributed by atoms with E-state index in [-0.39, 0.29) is 10.8 Å². The van der Waals surface area contributed by atoms with Crippen LogP contribution in [0.15, 0.2) is 34.8 Å². The Hall–Kier alpha value is -1.26. The van der Waals surface area contributed by atoms with E-state index in [1.54, 1.807) is 18.2 Å². The topological polar surface area (TPSA) is 35.2 Å². The van der Waals surface area contributed by atoms with Gasteiger partial charge in [0, 0.05) is 5.69 Å². The van der Waals surface area contributed by atoms with E-state index in [0.29, 0.717) is 15.9 Å². The van der Waals surface area contributed by atoms with Gasteiger partial charge in [-0.1, -0.05) is 17.7 Å². The van der Waals surface area contributed by atoms with E-state index < -0.39 is 5.82 Å².